The zero-order valence-electron chi connectivity index (χ0n) is 17.9. The average molecular weight is 441 g/mol. The molecule has 0 aromatic carbocycles. The minimum Gasteiger partial charge on any atom is -0.368 e. The number of hydrogen-bond donors (Lipinski definition) is 1. The van der Waals surface area contributed by atoms with Crippen molar-refractivity contribution in [1.29, 1.82) is 0 Å². The van der Waals surface area contributed by atoms with Crippen molar-refractivity contribution in [3.05, 3.63) is 62.3 Å². The van der Waals surface area contributed by atoms with E-state index in [0.29, 0.717) is 19.7 Å². The molecule has 0 spiro atoms. The number of aryl methyl sites for hydroxylation is 4. The van der Waals surface area contributed by atoms with Crippen LogP contribution in [0, 0.1) is 20.8 Å². The number of carbonyl (C=O) groups excluding carboxylic acids is 1. The maximum absolute atomic E-state index is 12.9. The van der Waals surface area contributed by atoms with E-state index in [0.717, 1.165) is 32.6 Å². The molecule has 3 aromatic rings. The number of ether oxygens (including phenoxy) is 1. The van der Waals surface area contributed by atoms with Crippen molar-refractivity contribution in [1.82, 2.24) is 24.6 Å². The van der Waals surface area contributed by atoms with Gasteiger partial charge < -0.3 is 15.0 Å². The van der Waals surface area contributed by atoms with Crippen LogP contribution in [0.5, 0.6) is 0 Å². The normalized spacial score (nSPS) is 16.4. The fraction of sp³-hybridized carbons (Fsp3) is 0.381. The Hall–Kier alpha value is -3.11. The molecule has 1 aliphatic heterocycles. The van der Waals surface area contributed by atoms with E-state index >= 15 is 0 Å². The van der Waals surface area contributed by atoms with Gasteiger partial charge in [0.05, 0.1) is 24.5 Å². The van der Waals surface area contributed by atoms with Gasteiger partial charge in [-0.25, -0.2) is 9.67 Å². The number of nitrogens with one attached hydrogen (secondary N) is 1. The monoisotopic (exact) mass is 440 g/mol. The summed E-state index contributed by atoms with van der Waals surface area (Å²) in [6.45, 7) is 7.16. The van der Waals surface area contributed by atoms with E-state index in [1.165, 1.54) is 24.1 Å². The molecule has 4 heterocycles. The number of anilines is 2. The minimum absolute atomic E-state index is 0.233. The van der Waals surface area contributed by atoms with Gasteiger partial charge in [0.2, 0.25) is 0 Å². The molecule has 0 unspecified atom stereocenters. The van der Waals surface area contributed by atoms with E-state index in [1.807, 2.05) is 32.9 Å². The van der Waals surface area contributed by atoms with Gasteiger partial charge in [0.1, 0.15) is 11.8 Å². The highest BCUT2D eigenvalue weighted by Crippen LogP contribution is 2.28. The van der Waals surface area contributed by atoms with Crippen LogP contribution in [0.25, 0.3) is 0 Å². The molecule has 1 amide bonds. The van der Waals surface area contributed by atoms with Gasteiger partial charge in [-0.05, 0) is 39.0 Å². The predicted molar refractivity (Wildman–Crippen MR) is 118 cm³/mol. The topological polar surface area (TPSA) is 102 Å². The van der Waals surface area contributed by atoms with Crippen LogP contribution in [0.3, 0.4) is 0 Å². The quantitative estimate of drug-likeness (QED) is 0.665. The summed E-state index contributed by atoms with van der Waals surface area (Å²) in [5, 5.41) is 8.24. The van der Waals surface area contributed by atoms with Crippen LogP contribution in [0.15, 0.2) is 29.1 Å². The first-order valence-electron chi connectivity index (χ1n) is 9.95. The lowest BCUT2D eigenvalue weighted by molar-refractivity contribution is -0.0250. The van der Waals surface area contributed by atoms with Gasteiger partial charge in [-0.15, -0.1) is 11.3 Å². The first-order chi connectivity index (χ1) is 14.8. The van der Waals surface area contributed by atoms with Crippen molar-refractivity contribution in [3.8, 4) is 0 Å². The second-order valence-electron chi connectivity index (χ2n) is 7.50. The van der Waals surface area contributed by atoms with Gasteiger partial charge in [-0.1, -0.05) is 0 Å². The van der Waals surface area contributed by atoms with Crippen molar-refractivity contribution in [2.24, 2.45) is 7.05 Å². The van der Waals surface area contributed by atoms with Crippen molar-refractivity contribution in [3.63, 3.8) is 0 Å². The highest BCUT2D eigenvalue weighted by Gasteiger charge is 2.28. The third kappa shape index (κ3) is 4.64. The Balaban J connectivity index is 1.53. The SMILES string of the molecule is Cc1cc(Nc2nc(C)c(C)s2)cc([C@H]2CN(C(=O)c3ccc(=O)n(C)n3)CCO2)n1. The summed E-state index contributed by atoms with van der Waals surface area (Å²) in [6, 6.07) is 6.69. The maximum Gasteiger partial charge on any atom is 0.274 e. The molecule has 0 aliphatic carbocycles. The Kier molecular flexibility index (Phi) is 5.84. The summed E-state index contributed by atoms with van der Waals surface area (Å²) in [4.78, 5) is 36.5. The Labute approximate surface area is 183 Å². The summed E-state index contributed by atoms with van der Waals surface area (Å²) >= 11 is 1.60. The van der Waals surface area contributed by atoms with Gasteiger partial charge in [0, 0.05) is 35.9 Å². The summed E-state index contributed by atoms with van der Waals surface area (Å²) < 4.78 is 7.09. The van der Waals surface area contributed by atoms with E-state index < -0.39 is 0 Å². The molecule has 31 heavy (non-hydrogen) atoms. The van der Waals surface area contributed by atoms with Crippen LogP contribution >= 0.6 is 11.3 Å². The lowest BCUT2D eigenvalue weighted by Gasteiger charge is -2.32. The van der Waals surface area contributed by atoms with Gasteiger partial charge in [-0.2, -0.15) is 5.10 Å². The Morgan fingerprint density at radius 2 is 2.03 bits per heavy atom. The van der Waals surface area contributed by atoms with Crippen molar-refractivity contribution in [2.75, 3.05) is 25.0 Å². The number of morpholine rings is 1. The molecule has 0 saturated carbocycles. The molecule has 1 N–H and O–H groups in total. The summed E-state index contributed by atoms with van der Waals surface area (Å²) in [5.74, 6) is -0.233. The highest BCUT2D eigenvalue weighted by molar-refractivity contribution is 7.15. The van der Waals surface area contributed by atoms with E-state index in [1.54, 1.807) is 16.2 Å². The molecule has 0 radical (unpaired) electrons. The number of carbonyl (C=O) groups is 1. The highest BCUT2D eigenvalue weighted by atomic mass is 32.1. The zero-order chi connectivity index (χ0) is 22.1. The summed E-state index contributed by atoms with van der Waals surface area (Å²) in [6.07, 6.45) is -0.356. The average Bonchev–Trinajstić information content (AvgIpc) is 3.06. The molecule has 0 bridgehead atoms. The zero-order valence-corrected chi connectivity index (χ0v) is 18.7. The lowest BCUT2D eigenvalue weighted by atomic mass is 10.1. The number of pyridine rings is 1. The molecule has 10 heteroatoms. The first kappa shape index (κ1) is 21.1. The third-order valence-corrected chi connectivity index (χ3v) is 6.10. The Morgan fingerprint density at radius 1 is 1.23 bits per heavy atom. The van der Waals surface area contributed by atoms with Crippen LogP contribution in [0.2, 0.25) is 0 Å². The number of rotatable bonds is 4. The number of amides is 1. The minimum atomic E-state index is -0.356. The summed E-state index contributed by atoms with van der Waals surface area (Å²) in [7, 11) is 1.53. The number of thiazole rings is 1. The molecule has 3 aromatic heterocycles. The molecular weight excluding hydrogens is 416 g/mol. The number of aromatic nitrogens is 4. The lowest BCUT2D eigenvalue weighted by Crippen LogP contribution is -2.43. The third-order valence-electron chi connectivity index (χ3n) is 5.12. The predicted octanol–water partition coefficient (Wildman–Crippen LogP) is 2.51. The van der Waals surface area contributed by atoms with Crippen molar-refractivity contribution < 1.29 is 9.53 Å². The number of hydrogen-bond acceptors (Lipinski definition) is 8. The Morgan fingerprint density at radius 3 is 2.74 bits per heavy atom. The van der Waals surface area contributed by atoms with Crippen molar-refractivity contribution in [2.45, 2.75) is 26.9 Å². The van der Waals surface area contributed by atoms with Gasteiger partial charge in [-0.3, -0.25) is 14.6 Å². The van der Waals surface area contributed by atoms with Crippen LogP contribution in [-0.2, 0) is 11.8 Å². The van der Waals surface area contributed by atoms with E-state index in [-0.39, 0.29) is 23.3 Å². The number of nitrogens with zero attached hydrogens (tertiary/aromatic N) is 5. The molecule has 1 saturated heterocycles. The van der Waals surface area contributed by atoms with Crippen LogP contribution < -0.4 is 10.9 Å². The van der Waals surface area contributed by atoms with Crippen LogP contribution in [-0.4, -0.2) is 50.3 Å². The largest absolute Gasteiger partial charge is 0.368 e. The van der Waals surface area contributed by atoms with Gasteiger partial charge in [0.25, 0.3) is 11.5 Å². The van der Waals surface area contributed by atoms with E-state index in [2.05, 4.69) is 20.4 Å². The van der Waals surface area contributed by atoms with Crippen molar-refractivity contribution >= 4 is 28.1 Å². The summed E-state index contributed by atoms with van der Waals surface area (Å²) in [5.41, 5.74) is 3.45. The van der Waals surface area contributed by atoms with E-state index in [9.17, 15) is 9.59 Å². The molecule has 1 fully saturated rings. The molecule has 162 valence electrons. The first-order valence-corrected chi connectivity index (χ1v) is 10.8. The van der Waals surface area contributed by atoms with Crippen LogP contribution in [0.1, 0.15) is 38.6 Å². The fourth-order valence-corrected chi connectivity index (χ4v) is 4.21. The molecular formula is C21H24N6O3S. The maximum atomic E-state index is 12.9. The second kappa shape index (κ2) is 8.56. The fourth-order valence-electron chi connectivity index (χ4n) is 3.37. The molecule has 9 nitrogen and oxygen atoms in total. The molecule has 4 rings (SSSR count). The molecule has 1 atom stereocenters. The van der Waals surface area contributed by atoms with E-state index in [4.69, 9.17) is 4.74 Å². The second-order valence-corrected chi connectivity index (χ2v) is 8.70. The van der Waals surface area contributed by atoms with Gasteiger partial charge in [0.15, 0.2) is 5.13 Å². The van der Waals surface area contributed by atoms with Gasteiger partial charge >= 0.3 is 0 Å². The van der Waals surface area contributed by atoms with Crippen LogP contribution in [0.4, 0.5) is 10.8 Å². The smallest absolute Gasteiger partial charge is 0.274 e. The Bertz CT molecular complexity index is 1170. The standard InChI is InChI=1S/C21H24N6O3S/c1-12-9-15(24-21-23-13(2)14(3)31-21)10-17(22-12)18-11-27(7-8-30-18)20(29)16-5-6-19(28)26(4)25-16/h5-6,9-10,18H,7-8,11H2,1-4H3,(H,22,23,24)/t18-/m1/s1. The molecule has 1 aliphatic rings.